The predicted molar refractivity (Wildman–Crippen MR) is 266 cm³/mol. The fraction of sp³-hybridized carbons (Fsp3) is 0.500. The summed E-state index contributed by atoms with van der Waals surface area (Å²) in [5.41, 5.74) is 10.2. The van der Waals surface area contributed by atoms with Crippen LogP contribution < -0.4 is 15.4 Å². The molecule has 368 valence electrons. The lowest BCUT2D eigenvalue weighted by Gasteiger charge is -2.43. The number of aromatic amines is 1. The highest BCUT2D eigenvalue weighted by Gasteiger charge is 2.46. The minimum absolute atomic E-state index is 0.0448. The van der Waals surface area contributed by atoms with Gasteiger partial charge in [-0.25, -0.2) is 4.79 Å². The number of hydrogen-bond acceptors (Lipinski definition) is 16. The molecule has 69 heavy (non-hydrogen) atoms. The van der Waals surface area contributed by atoms with Crippen molar-refractivity contribution in [3.63, 3.8) is 0 Å². The molecule has 1 amide bonds. The van der Waals surface area contributed by atoms with Gasteiger partial charge in [-0.1, -0.05) is 49.9 Å². The third-order valence-electron chi connectivity index (χ3n) is 11.6. The maximum atomic E-state index is 14.9. The molecule has 0 saturated carbocycles. The van der Waals surface area contributed by atoms with E-state index in [1.807, 2.05) is 32.0 Å². The first-order valence-electron chi connectivity index (χ1n) is 22.3. The van der Waals surface area contributed by atoms with Crippen LogP contribution in [0.15, 0.2) is 70.6 Å². The number of aromatic nitrogens is 2. The molecule has 4 heterocycles. The zero-order valence-electron chi connectivity index (χ0n) is 39.4. The van der Waals surface area contributed by atoms with E-state index in [1.165, 1.54) is 12.2 Å². The normalized spacial score (nSPS) is 25.2. The summed E-state index contributed by atoms with van der Waals surface area (Å²) in [6.45, 7) is 8.08. The third-order valence-corrected chi connectivity index (χ3v) is 13.1. The molecule has 2 fully saturated rings. The molecule has 18 nitrogen and oxygen atoms in total. The van der Waals surface area contributed by atoms with Crippen molar-refractivity contribution < 1.29 is 52.6 Å². The molecule has 1 aromatic carbocycles. The molecule has 0 bridgehead atoms. The van der Waals surface area contributed by atoms with E-state index in [-0.39, 0.29) is 84.9 Å². The maximum absolute atomic E-state index is 14.9. The van der Waals surface area contributed by atoms with E-state index in [0.29, 0.717) is 17.7 Å². The van der Waals surface area contributed by atoms with Gasteiger partial charge in [0.1, 0.15) is 23.7 Å². The number of pyridine rings is 1. The second-order valence-corrected chi connectivity index (χ2v) is 24.1. The topological polar surface area (TPSA) is 238 Å². The van der Waals surface area contributed by atoms with Crippen LogP contribution in [0, 0.1) is 29.6 Å². The Morgan fingerprint density at radius 1 is 1.16 bits per heavy atom. The van der Waals surface area contributed by atoms with Crippen LogP contribution in [0.5, 0.6) is 5.75 Å². The van der Waals surface area contributed by atoms with Gasteiger partial charge in [-0.2, -0.15) is 0 Å². The Bertz CT molecular complexity index is 2780. The van der Waals surface area contributed by atoms with Gasteiger partial charge in [-0.05, 0) is 96.4 Å². The van der Waals surface area contributed by atoms with Crippen molar-refractivity contribution in [2.24, 2.45) is 11.0 Å². The summed E-state index contributed by atoms with van der Waals surface area (Å²) in [5, 5.41) is 22.6. The highest BCUT2D eigenvalue weighted by molar-refractivity contribution is 8.56. The van der Waals surface area contributed by atoms with E-state index in [1.54, 1.807) is 45.6 Å². The van der Waals surface area contributed by atoms with Gasteiger partial charge < -0.3 is 48.6 Å². The van der Waals surface area contributed by atoms with Crippen molar-refractivity contribution in [2.75, 3.05) is 46.0 Å². The summed E-state index contributed by atoms with van der Waals surface area (Å²) in [7, 11) is 0.775. The average molecular weight is 1000 g/mol. The van der Waals surface area contributed by atoms with Gasteiger partial charge >= 0.3 is 6.09 Å². The van der Waals surface area contributed by atoms with Crippen molar-refractivity contribution in [1.29, 1.82) is 0 Å². The number of Topliss-reactive ketones (excluding diaryl/α,β-unsaturated/α-hetero) is 2. The lowest BCUT2D eigenvalue weighted by atomic mass is 9.84. The van der Waals surface area contributed by atoms with Crippen molar-refractivity contribution in [3.8, 4) is 29.4 Å². The number of fused-ring (bicyclic) bond motifs is 3. The van der Waals surface area contributed by atoms with E-state index in [4.69, 9.17) is 61.1 Å². The highest BCUT2D eigenvalue weighted by atomic mass is 33.1. The number of hydrogen-bond donors (Lipinski definition) is 4. The molecular weight excluding hydrogens is 947 g/mol. The van der Waals surface area contributed by atoms with Crippen LogP contribution in [0.25, 0.3) is 32.2 Å². The number of aliphatic hydroxyl groups is 1. The summed E-state index contributed by atoms with van der Waals surface area (Å²) in [4.78, 5) is 52.3. The van der Waals surface area contributed by atoms with Crippen LogP contribution in [-0.4, -0.2) is 134 Å². The van der Waals surface area contributed by atoms with E-state index in [9.17, 15) is 19.5 Å². The second-order valence-electron chi connectivity index (χ2n) is 16.8. The van der Waals surface area contributed by atoms with Gasteiger partial charge in [0.2, 0.25) is 0 Å². The minimum Gasteiger partial charge on any atom is -0.493 e. The molecule has 6 rings (SSSR count). The number of ketones is 2. The SMILES string of the molecule is CC#C/C=C\C#C[C@H](OC1OC(C)C(C(=O)c2nccc3c2[nH]c2ccc(OCCN=[N+]=[N-])cc23)CC1OC1CC(OC)C(NC(C)C)CO1)C1=C(NC(=O)OC)C(=O)C[C@H](O)/C1=C/CS(C)(=S)=S. The van der Waals surface area contributed by atoms with Crippen molar-refractivity contribution >= 4 is 69.0 Å². The fourth-order valence-corrected chi connectivity index (χ4v) is 9.30. The number of nitrogens with one attached hydrogen (secondary N) is 3. The number of carbonyl (C=O) groups excluding carboxylic acids is 3. The van der Waals surface area contributed by atoms with Crippen LogP contribution in [-0.2, 0) is 62.7 Å². The molecule has 3 aromatic rings. The number of amides is 1. The molecule has 2 saturated heterocycles. The molecule has 3 aliphatic rings. The van der Waals surface area contributed by atoms with Crippen LogP contribution >= 0.6 is 0 Å². The number of alkyl carbamates (subject to hydrolysis) is 1. The van der Waals surface area contributed by atoms with Crippen molar-refractivity contribution in [2.45, 2.75) is 102 Å². The lowest BCUT2D eigenvalue weighted by Crippen LogP contribution is -2.55. The number of nitrogens with zero attached hydrogens (tertiary/aromatic N) is 4. The number of allylic oxidation sites excluding steroid dienone is 3. The van der Waals surface area contributed by atoms with E-state index in [2.05, 4.69) is 54.3 Å². The molecule has 4 N–H and O–H groups in total. The van der Waals surface area contributed by atoms with E-state index in [0.717, 1.165) is 23.4 Å². The Labute approximate surface area is 410 Å². The summed E-state index contributed by atoms with van der Waals surface area (Å²) >= 11 is 11.1. The molecule has 7 unspecified atom stereocenters. The van der Waals surface area contributed by atoms with Gasteiger partial charge in [0.25, 0.3) is 0 Å². The van der Waals surface area contributed by atoms with Gasteiger partial charge in [0.05, 0.1) is 68.4 Å². The third kappa shape index (κ3) is 13.8. The Hall–Kier alpha value is -5.26. The number of carbonyl (C=O) groups is 3. The molecule has 2 aromatic heterocycles. The number of ether oxygens (including phenoxy) is 7. The van der Waals surface area contributed by atoms with Gasteiger partial charge in [-0.3, -0.25) is 19.9 Å². The largest absolute Gasteiger partial charge is 0.493 e. The lowest BCUT2D eigenvalue weighted by molar-refractivity contribution is -0.304. The van der Waals surface area contributed by atoms with Crippen molar-refractivity contribution in [3.05, 3.63) is 81.7 Å². The predicted octanol–water partition coefficient (Wildman–Crippen LogP) is 5.40. The molecule has 1 aliphatic carbocycles. The van der Waals surface area contributed by atoms with Crippen molar-refractivity contribution in [1.82, 2.24) is 20.6 Å². The van der Waals surface area contributed by atoms with Gasteiger partial charge in [0.15, 0.2) is 24.1 Å². The monoisotopic (exact) mass is 1000 g/mol. The van der Waals surface area contributed by atoms with Gasteiger partial charge in [0, 0.05) is 64.7 Å². The second kappa shape index (κ2) is 24.5. The van der Waals surface area contributed by atoms with Gasteiger partial charge in [-0.15, -0.1) is 5.92 Å². The van der Waals surface area contributed by atoms with E-state index < -0.39 is 61.9 Å². The number of H-pyrrole nitrogens is 1. The van der Waals surface area contributed by atoms with Crippen LogP contribution in [0.1, 0.15) is 57.4 Å². The first-order chi connectivity index (χ1) is 33.0. The Balaban J connectivity index is 1.42. The summed E-state index contributed by atoms with van der Waals surface area (Å²) in [5.74, 6) is 10.5. The van der Waals surface area contributed by atoms with Crippen LogP contribution in [0.3, 0.4) is 0 Å². The number of benzene rings is 1. The standard InChI is InChI=1S/C48H57N7O11S3/c1-8-9-10-11-12-13-38(42-31(17-21-69(7,67)68)36(56)24-37(57)44(42)54-48(59)61-6)66-47-40(65-41-25-39(60-5)35(26-63-41)52-27(2)3)23-32(28(4)64-47)46(58)45-43-30(16-18-50-45)33-22-29(14-15-34(33)53-43)62-20-19-51-55-49/h10-11,14-18,22,27-28,32,35-36,38-41,47,52-53,56H,19-21,23-26H2,1-7H3,(H,54,59)/b11-10-,31-17-/t28?,32?,35?,36-,38-,39?,40?,41?,47?/m0/s1. The summed E-state index contributed by atoms with van der Waals surface area (Å²) in [6.07, 6.45) is 0.0595. The maximum Gasteiger partial charge on any atom is 0.411 e. The molecule has 21 heteroatoms. The highest BCUT2D eigenvalue weighted by Crippen LogP contribution is 2.38. The quantitative estimate of drug-likeness (QED) is 0.0331. The Morgan fingerprint density at radius 3 is 2.65 bits per heavy atom. The molecular formula is C48H57N7O11S3. The molecule has 0 radical (unpaired) electrons. The first-order valence-corrected chi connectivity index (χ1v) is 26.3. The van der Waals surface area contributed by atoms with E-state index >= 15 is 0 Å². The number of methoxy groups -OCH3 is 2. The van der Waals surface area contributed by atoms with Crippen LogP contribution in [0.2, 0.25) is 0 Å². The number of aliphatic hydroxyl groups excluding tert-OH is 1. The molecule has 9 atom stereocenters. The zero-order chi connectivity index (χ0) is 49.8. The Morgan fingerprint density at radius 2 is 1.94 bits per heavy atom. The average Bonchev–Trinajstić information content (AvgIpc) is 3.69. The molecule has 2 aliphatic heterocycles. The zero-order valence-corrected chi connectivity index (χ0v) is 41.8. The minimum atomic E-state index is -2.00. The first kappa shape index (κ1) is 53.1. The Kier molecular flexibility index (Phi) is 18.9. The summed E-state index contributed by atoms with van der Waals surface area (Å²) < 4.78 is 43.2. The fourth-order valence-electron chi connectivity index (χ4n) is 8.40. The molecule has 0 spiro atoms. The van der Waals surface area contributed by atoms with Crippen LogP contribution in [0.4, 0.5) is 4.79 Å². The number of azide groups is 1. The number of rotatable bonds is 17. The smallest absolute Gasteiger partial charge is 0.411 e. The summed E-state index contributed by atoms with van der Waals surface area (Å²) in [6, 6.07) is 7.29.